The molecule has 4 heteroatoms. The van der Waals surface area contributed by atoms with Crippen molar-refractivity contribution in [2.75, 3.05) is 6.54 Å². The standard InChI is InChI=1S/C21H27BN3/c1-6-16(4)24-21(17(5)25-12-11-22-25)19-10-9-18(8-7-15(2)3)20(13-19)14-23/h6,9-10,13,15H,5,7-8,11-12H2,1-4H3/b16-6-,24-21?. The highest BCUT2D eigenvalue weighted by Crippen LogP contribution is 2.22. The Morgan fingerprint density at radius 2 is 2.20 bits per heavy atom. The molecule has 1 saturated heterocycles. The van der Waals surface area contributed by atoms with Gasteiger partial charge in [0.2, 0.25) is 7.41 Å². The van der Waals surface area contributed by atoms with Crippen molar-refractivity contribution in [3.8, 4) is 6.07 Å². The van der Waals surface area contributed by atoms with Gasteiger partial charge in [0.15, 0.2) is 0 Å². The zero-order valence-electron chi connectivity index (χ0n) is 15.8. The summed E-state index contributed by atoms with van der Waals surface area (Å²) in [6.45, 7) is 13.6. The topological polar surface area (TPSA) is 39.4 Å². The molecule has 0 aromatic heterocycles. The second-order valence-electron chi connectivity index (χ2n) is 6.92. The molecule has 25 heavy (non-hydrogen) atoms. The van der Waals surface area contributed by atoms with Gasteiger partial charge < -0.3 is 4.81 Å². The van der Waals surface area contributed by atoms with Crippen molar-refractivity contribution in [2.45, 2.75) is 46.9 Å². The fourth-order valence-corrected chi connectivity index (χ4v) is 2.67. The summed E-state index contributed by atoms with van der Waals surface area (Å²) in [5.74, 6) is 0.627. The SMILES string of the molecule is C=C(C(=N/C(C)=C\C)c1ccc(CCC(C)C)c(C#N)c1)N1[B]CC1. The quantitative estimate of drug-likeness (QED) is 0.535. The molecule has 0 spiro atoms. The highest BCUT2D eigenvalue weighted by atomic mass is 15.1. The summed E-state index contributed by atoms with van der Waals surface area (Å²) in [5, 5.41) is 9.58. The fraction of sp³-hybridized carbons (Fsp3) is 0.429. The maximum absolute atomic E-state index is 9.58. The van der Waals surface area contributed by atoms with Gasteiger partial charge in [0, 0.05) is 17.0 Å². The summed E-state index contributed by atoms with van der Waals surface area (Å²) in [5.41, 5.74) is 5.49. The summed E-state index contributed by atoms with van der Waals surface area (Å²) >= 11 is 0. The number of allylic oxidation sites excluding steroid dienone is 3. The lowest BCUT2D eigenvalue weighted by atomic mass is 9.75. The maximum atomic E-state index is 9.58. The van der Waals surface area contributed by atoms with Gasteiger partial charge in [0.05, 0.1) is 17.3 Å². The monoisotopic (exact) mass is 332 g/mol. The molecule has 1 fully saturated rings. The van der Waals surface area contributed by atoms with Gasteiger partial charge in [0.1, 0.15) is 0 Å². The highest BCUT2D eigenvalue weighted by molar-refractivity contribution is 6.38. The van der Waals surface area contributed by atoms with E-state index in [1.54, 1.807) is 0 Å². The van der Waals surface area contributed by atoms with Gasteiger partial charge in [0.25, 0.3) is 0 Å². The van der Waals surface area contributed by atoms with Crippen molar-refractivity contribution < 1.29 is 0 Å². The van der Waals surface area contributed by atoms with Crippen LogP contribution in [0.4, 0.5) is 0 Å². The predicted molar refractivity (Wildman–Crippen MR) is 107 cm³/mol. The summed E-state index contributed by atoms with van der Waals surface area (Å²) in [7, 11) is 2.13. The van der Waals surface area contributed by atoms with Crippen LogP contribution in [0.3, 0.4) is 0 Å². The van der Waals surface area contributed by atoms with E-state index in [9.17, 15) is 5.26 Å². The Kier molecular flexibility index (Phi) is 6.64. The highest BCUT2D eigenvalue weighted by Gasteiger charge is 2.22. The number of nitriles is 1. The molecular formula is C21H27BN3. The van der Waals surface area contributed by atoms with Gasteiger partial charge in [-0.1, -0.05) is 38.6 Å². The lowest BCUT2D eigenvalue weighted by Crippen LogP contribution is -2.41. The number of hydrogen-bond donors (Lipinski definition) is 0. The fourth-order valence-electron chi connectivity index (χ4n) is 2.67. The van der Waals surface area contributed by atoms with E-state index < -0.39 is 0 Å². The smallest absolute Gasteiger partial charge is 0.248 e. The van der Waals surface area contributed by atoms with Crippen LogP contribution in [0, 0.1) is 17.2 Å². The summed E-state index contributed by atoms with van der Waals surface area (Å²) in [4.78, 5) is 6.88. The summed E-state index contributed by atoms with van der Waals surface area (Å²) in [6, 6.07) is 8.46. The van der Waals surface area contributed by atoms with Crippen LogP contribution in [0.15, 0.2) is 47.2 Å². The van der Waals surface area contributed by atoms with Crippen LogP contribution in [-0.4, -0.2) is 24.5 Å². The van der Waals surface area contributed by atoms with Gasteiger partial charge in [-0.25, -0.2) is 0 Å². The van der Waals surface area contributed by atoms with E-state index in [1.165, 1.54) is 0 Å². The third kappa shape index (κ3) is 4.86. The Morgan fingerprint density at radius 3 is 2.72 bits per heavy atom. The molecule has 129 valence electrons. The van der Waals surface area contributed by atoms with E-state index >= 15 is 0 Å². The Balaban J connectivity index is 2.38. The van der Waals surface area contributed by atoms with Crippen LogP contribution in [0.25, 0.3) is 0 Å². The number of aryl methyl sites for hydroxylation is 1. The number of hydrogen-bond acceptors (Lipinski definition) is 3. The number of rotatable bonds is 7. The molecule has 1 aliphatic heterocycles. The Hall–Kier alpha value is -2.28. The molecule has 0 amide bonds. The minimum Gasteiger partial charge on any atom is -0.418 e. The first-order chi connectivity index (χ1) is 12.0. The average Bonchev–Trinajstić information content (AvgIpc) is 2.55. The van der Waals surface area contributed by atoms with Crippen LogP contribution in [0.1, 0.15) is 50.8 Å². The third-order valence-electron chi connectivity index (χ3n) is 4.54. The largest absolute Gasteiger partial charge is 0.418 e. The molecule has 0 aliphatic carbocycles. The van der Waals surface area contributed by atoms with E-state index in [4.69, 9.17) is 4.99 Å². The zero-order valence-corrected chi connectivity index (χ0v) is 15.8. The van der Waals surface area contributed by atoms with E-state index in [0.29, 0.717) is 5.92 Å². The molecule has 1 aromatic rings. The zero-order chi connectivity index (χ0) is 18.4. The van der Waals surface area contributed by atoms with Gasteiger partial charge >= 0.3 is 0 Å². The molecule has 1 aliphatic rings. The number of nitrogens with zero attached hydrogens (tertiary/aromatic N) is 3. The lowest BCUT2D eigenvalue weighted by Gasteiger charge is -2.34. The Bertz CT molecular complexity index is 734. The Morgan fingerprint density at radius 1 is 1.48 bits per heavy atom. The van der Waals surface area contributed by atoms with Crippen molar-refractivity contribution in [3.63, 3.8) is 0 Å². The first kappa shape index (κ1) is 19.1. The van der Waals surface area contributed by atoms with Crippen LogP contribution in [-0.2, 0) is 6.42 Å². The van der Waals surface area contributed by atoms with Gasteiger partial charge in [-0.05, 0) is 57.1 Å². The number of benzene rings is 1. The normalized spacial score (nSPS) is 14.8. The Labute approximate surface area is 153 Å². The van der Waals surface area contributed by atoms with Crippen molar-refractivity contribution in [2.24, 2.45) is 10.9 Å². The molecular weight excluding hydrogens is 305 g/mol. The van der Waals surface area contributed by atoms with Gasteiger partial charge in [-0.15, -0.1) is 0 Å². The first-order valence-electron chi connectivity index (χ1n) is 9.00. The molecule has 1 radical (unpaired) electrons. The lowest BCUT2D eigenvalue weighted by molar-refractivity contribution is 0.534. The van der Waals surface area contributed by atoms with Gasteiger partial charge in [-0.3, -0.25) is 4.99 Å². The summed E-state index contributed by atoms with van der Waals surface area (Å²) < 4.78 is 0. The molecule has 1 aromatic carbocycles. The average molecular weight is 332 g/mol. The van der Waals surface area contributed by atoms with Crippen molar-refractivity contribution in [1.82, 2.24) is 4.81 Å². The second-order valence-corrected chi connectivity index (χ2v) is 6.92. The maximum Gasteiger partial charge on any atom is 0.248 e. The molecule has 0 saturated carbocycles. The minimum absolute atomic E-state index is 0.627. The predicted octanol–water partition coefficient (Wildman–Crippen LogP) is 4.73. The minimum atomic E-state index is 0.627. The van der Waals surface area contributed by atoms with Crippen LogP contribution >= 0.6 is 0 Å². The molecule has 1 heterocycles. The molecule has 0 N–H and O–H groups in total. The van der Waals surface area contributed by atoms with E-state index in [0.717, 1.165) is 59.5 Å². The van der Waals surface area contributed by atoms with Crippen molar-refractivity contribution >= 4 is 13.1 Å². The molecule has 0 unspecified atom stereocenters. The van der Waals surface area contributed by atoms with Gasteiger partial charge in [-0.2, -0.15) is 5.26 Å². The van der Waals surface area contributed by atoms with Crippen LogP contribution in [0.2, 0.25) is 6.32 Å². The number of aliphatic imine (C=N–C) groups is 1. The van der Waals surface area contributed by atoms with Crippen LogP contribution in [0.5, 0.6) is 0 Å². The summed E-state index contributed by atoms with van der Waals surface area (Å²) in [6.07, 6.45) is 5.08. The van der Waals surface area contributed by atoms with E-state index in [-0.39, 0.29) is 0 Å². The molecule has 2 rings (SSSR count). The first-order valence-corrected chi connectivity index (χ1v) is 9.00. The third-order valence-corrected chi connectivity index (χ3v) is 4.54. The molecule has 3 nitrogen and oxygen atoms in total. The van der Waals surface area contributed by atoms with Crippen LogP contribution < -0.4 is 0 Å². The van der Waals surface area contributed by atoms with Crippen molar-refractivity contribution in [3.05, 3.63) is 58.9 Å². The molecule has 0 atom stereocenters. The van der Waals surface area contributed by atoms with E-state index in [2.05, 4.69) is 50.9 Å². The molecule has 0 bridgehead atoms. The van der Waals surface area contributed by atoms with E-state index in [1.807, 2.05) is 26.0 Å². The second kappa shape index (κ2) is 8.71. The van der Waals surface area contributed by atoms with Crippen molar-refractivity contribution in [1.29, 1.82) is 5.26 Å².